The molecule has 0 fully saturated rings. The Balaban J connectivity index is 1.49. The van der Waals surface area contributed by atoms with E-state index in [-0.39, 0.29) is 0 Å². The van der Waals surface area contributed by atoms with Crippen molar-refractivity contribution >= 4 is 66.0 Å². The smallest absolute Gasteiger partial charge is 0.0479 e. The van der Waals surface area contributed by atoms with Crippen LogP contribution in [0, 0.1) is 0 Å². The maximum absolute atomic E-state index is 3.81. The molecular formula is C36H26Br2N2. The second-order valence-corrected chi connectivity index (χ2v) is 11.2. The number of halogens is 2. The lowest BCUT2D eigenvalue weighted by Gasteiger charge is -2.27. The second kappa shape index (κ2) is 12.0. The molecule has 0 heterocycles. The number of anilines is 6. The zero-order valence-electron chi connectivity index (χ0n) is 21.7. The highest BCUT2D eigenvalue weighted by Gasteiger charge is 2.17. The number of hydrogen-bond donors (Lipinski definition) is 0. The Bertz CT molecular complexity index is 1500. The molecule has 0 aliphatic carbocycles. The van der Waals surface area contributed by atoms with Crippen LogP contribution in [-0.4, -0.2) is 0 Å². The van der Waals surface area contributed by atoms with Gasteiger partial charge in [-0.15, -0.1) is 0 Å². The number of rotatable bonds is 7. The van der Waals surface area contributed by atoms with Crippen molar-refractivity contribution in [2.45, 2.75) is 0 Å². The van der Waals surface area contributed by atoms with Gasteiger partial charge in [-0.1, -0.05) is 105 Å². The van der Waals surface area contributed by atoms with Gasteiger partial charge in [-0.05, 0) is 96.1 Å². The normalized spacial score (nSPS) is 10.8. The summed E-state index contributed by atoms with van der Waals surface area (Å²) < 4.78 is 2.03. The minimum Gasteiger partial charge on any atom is -0.310 e. The molecule has 0 atom stereocenters. The van der Waals surface area contributed by atoms with Gasteiger partial charge in [0, 0.05) is 43.1 Å². The van der Waals surface area contributed by atoms with E-state index < -0.39 is 0 Å². The van der Waals surface area contributed by atoms with E-state index in [0.29, 0.717) is 0 Å². The van der Waals surface area contributed by atoms with Crippen LogP contribution in [0.1, 0.15) is 0 Å². The lowest BCUT2D eigenvalue weighted by atomic mass is 10.0. The zero-order valence-corrected chi connectivity index (χ0v) is 24.8. The number of hydrogen-bond acceptors (Lipinski definition) is 2. The molecule has 0 saturated heterocycles. The van der Waals surface area contributed by atoms with Crippen LogP contribution in [0.4, 0.5) is 34.1 Å². The highest BCUT2D eigenvalue weighted by molar-refractivity contribution is 9.10. The Hall–Kier alpha value is -4.12. The van der Waals surface area contributed by atoms with Crippen LogP contribution in [0.15, 0.2) is 167 Å². The fourth-order valence-corrected chi connectivity index (χ4v) is 5.90. The predicted molar refractivity (Wildman–Crippen MR) is 177 cm³/mol. The van der Waals surface area contributed by atoms with Gasteiger partial charge in [-0.2, -0.15) is 0 Å². The van der Waals surface area contributed by atoms with E-state index in [1.807, 2.05) is 24.3 Å². The van der Waals surface area contributed by atoms with Gasteiger partial charge < -0.3 is 9.80 Å². The van der Waals surface area contributed by atoms with Crippen LogP contribution < -0.4 is 9.80 Å². The molecule has 0 amide bonds. The molecule has 6 aromatic carbocycles. The van der Waals surface area contributed by atoms with E-state index in [2.05, 4.69) is 175 Å². The minimum atomic E-state index is 1.02. The van der Waals surface area contributed by atoms with Gasteiger partial charge >= 0.3 is 0 Å². The molecule has 0 N–H and O–H groups in total. The first-order valence-corrected chi connectivity index (χ1v) is 14.7. The first-order chi connectivity index (χ1) is 19.7. The molecule has 0 spiro atoms. The van der Waals surface area contributed by atoms with Crippen molar-refractivity contribution in [1.82, 2.24) is 0 Å². The third kappa shape index (κ3) is 5.74. The summed E-state index contributed by atoms with van der Waals surface area (Å²) in [6.45, 7) is 0. The van der Waals surface area contributed by atoms with Gasteiger partial charge in [0.25, 0.3) is 0 Å². The molecule has 40 heavy (non-hydrogen) atoms. The van der Waals surface area contributed by atoms with E-state index in [9.17, 15) is 0 Å². The van der Waals surface area contributed by atoms with Gasteiger partial charge in [-0.25, -0.2) is 0 Å². The lowest BCUT2D eigenvalue weighted by molar-refractivity contribution is 1.27. The highest BCUT2D eigenvalue weighted by atomic mass is 79.9. The molecule has 0 unspecified atom stereocenters. The van der Waals surface area contributed by atoms with Crippen molar-refractivity contribution < 1.29 is 0 Å². The van der Waals surface area contributed by atoms with E-state index >= 15 is 0 Å². The fraction of sp³-hybridized carbons (Fsp3) is 0. The van der Waals surface area contributed by atoms with Gasteiger partial charge in [0.05, 0.1) is 0 Å². The Morgan fingerprint density at radius 2 is 0.575 bits per heavy atom. The summed E-state index contributed by atoms with van der Waals surface area (Å²) in [6, 6.07) is 55.1. The average Bonchev–Trinajstić information content (AvgIpc) is 2.99. The van der Waals surface area contributed by atoms with Crippen molar-refractivity contribution in [3.8, 4) is 11.1 Å². The summed E-state index contributed by atoms with van der Waals surface area (Å²) in [5, 5.41) is 0. The number of para-hydroxylation sites is 4. The molecule has 6 aromatic rings. The standard InChI is InChI=1S/C36H26Br2N2/c37-29-21-27(23-35(25-29)39(31-13-5-1-6-14-31)32-15-7-2-8-16-32)28-22-30(38)26-36(24-28)40(33-17-9-3-10-18-33)34-19-11-4-12-20-34/h1-26H. The quantitative estimate of drug-likeness (QED) is 0.170. The van der Waals surface area contributed by atoms with Gasteiger partial charge in [0.15, 0.2) is 0 Å². The molecule has 0 bridgehead atoms. The fourth-order valence-electron chi connectivity index (χ4n) is 4.94. The van der Waals surface area contributed by atoms with Gasteiger partial charge in [-0.3, -0.25) is 0 Å². The summed E-state index contributed by atoms with van der Waals surface area (Å²) in [5.41, 5.74) is 8.80. The average molecular weight is 646 g/mol. The lowest BCUT2D eigenvalue weighted by Crippen LogP contribution is -2.10. The third-order valence-electron chi connectivity index (χ3n) is 6.67. The molecule has 6 rings (SSSR count). The highest BCUT2D eigenvalue weighted by Crippen LogP contribution is 2.41. The molecule has 194 valence electrons. The molecule has 0 aliphatic heterocycles. The van der Waals surface area contributed by atoms with Crippen molar-refractivity contribution in [1.29, 1.82) is 0 Å². The van der Waals surface area contributed by atoms with Gasteiger partial charge in [0.1, 0.15) is 0 Å². The summed E-state index contributed by atoms with van der Waals surface area (Å²) >= 11 is 7.63. The second-order valence-electron chi connectivity index (χ2n) is 9.41. The van der Waals surface area contributed by atoms with Crippen molar-refractivity contribution in [2.75, 3.05) is 9.80 Å². The summed E-state index contributed by atoms with van der Waals surface area (Å²) in [5.74, 6) is 0. The van der Waals surface area contributed by atoms with E-state index in [4.69, 9.17) is 0 Å². The third-order valence-corrected chi connectivity index (χ3v) is 7.59. The Morgan fingerprint density at radius 3 is 0.850 bits per heavy atom. The maximum atomic E-state index is 3.81. The summed E-state index contributed by atoms with van der Waals surface area (Å²) in [7, 11) is 0. The SMILES string of the molecule is Brc1cc(-c2cc(Br)cc(N(c3ccccc3)c3ccccc3)c2)cc(N(c2ccccc2)c2ccccc2)c1. The Kier molecular flexibility index (Phi) is 7.80. The van der Waals surface area contributed by atoms with Crippen LogP contribution in [0.3, 0.4) is 0 Å². The summed E-state index contributed by atoms with van der Waals surface area (Å²) in [4.78, 5) is 4.57. The zero-order chi connectivity index (χ0) is 27.3. The van der Waals surface area contributed by atoms with Crippen LogP contribution in [0.5, 0.6) is 0 Å². The topological polar surface area (TPSA) is 6.48 Å². The van der Waals surface area contributed by atoms with Crippen molar-refractivity contribution in [2.24, 2.45) is 0 Å². The first kappa shape index (κ1) is 26.1. The molecular weight excluding hydrogens is 620 g/mol. The summed E-state index contributed by atoms with van der Waals surface area (Å²) in [6.07, 6.45) is 0. The van der Waals surface area contributed by atoms with Crippen molar-refractivity contribution in [3.05, 3.63) is 167 Å². The molecule has 0 aromatic heterocycles. The van der Waals surface area contributed by atoms with Crippen LogP contribution >= 0.6 is 31.9 Å². The maximum Gasteiger partial charge on any atom is 0.0479 e. The van der Waals surface area contributed by atoms with Gasteiger partial charge in [0.2, 0.25) is 0 Å². The molecule has 4 heteroatoms. The van der Waals surface area contributed by atoms with Crippen LogP contribution in [0.25, 0.3) is 11.1 Å². The van der Waals surface area contributed by atoms with Crippen LogP contribution in [-0.2, 0) is 0 Å². The molecule has 0 saturated carbocycles. The monoisotopic (exact) mass is 644 g/mol. The van der Waals surface area contributed by atoms with E-state index in [1.165, 1.54) is 0 Å². The first-order valence-electron chi connectivity index (χ1n) is 13.1. The molecule has 2 nitrogen and oxygen atoms in total. The molecule has 0 radical (unpaired) electrons. The largest absolute Gasteiger partial charge is 0.310 e. The van der Waals surface area contributed by atoms with Crippen LogP contribution in [0.2, 0.25) is 0 Å². The number of nitrogens with zero attached hydrogens (tertiary/aromatic N) is 2. The van der Waals surface area contributed by atoms with E-state index in [0.717, 1.165) is 54.2 Å². The Morgan fingerprint density at radius 1 is 0.300 bits per heavy atom. The minimum absolute atomic E-state index is 1.02. The van der Waals surface area contributed by atoms with Crippen molar-refractivity contribution in [3.63, 3.8) is 0 Å². The molecule has 0 aliphatic rings. The Labute approximate surface area is 252 Å². The predicted octanol–water partition coefficient (Wildman–Crippen LogP) is 11.8. The number of benzene rings is 6. The van der Waals surface area contributed by atoms with E-state index in [1.54, 1.807) is 0 Å².